The molecule has 0 saturated carbocycles. The number of likely N-dealkylation sites (tertiary alicyclic amines) is 2. The van der Waals surface area contributed by atoms with Gasteiger partial charge in [-0.05, 0) is 76.2 Å². The molecule has 3 heterocycles. The lowest BCUT2D eigenvalue weighted by atomic mass is 9.76. The Morgan fingerprint density at radius 3 is 2.70 bits per heavy atom. The number of aromatic nitrogens is 2. The number of carbonyl (C=O) groups excluding carboxylic acids is 1. The maximum atomic E-state index is 13.2. The van der Waals surface area contributed by atoms with Crippen molar-refractivity contribution in [1.82, 2.24) is 24.5 Å². The van der Waals surface area contributed by atoms with E-state index in [0.717, 1.165) is 45.3 Å². The lowest BCUT2D eigenvalue weighted by Crippen LogP contribution is -2.44. The summed E-state index contributed by atoms with van der Waals surface area (Å²) in [7, 11) is 6.14. The highest BCUT2D eigenvalue weighted by Crippen LogP contribution is 2.43. The first-order valence-electron chi connectivity index (χ1n) is 10.6. The van der Waals surface area contributed by atoms with Crippen molar-refractivity contribution in [3.8, 4) is 0 Å². The second-order valence-corrected chi connectivity index (χ2v) is 8.88. The molecule has 0 N–H and O–H groups in total. The number of nitrogens with zero attached hydrogens (tertiary/aromatic N) is 5. The van der Waals surface area contributed by atoms with Crippen molar-refractivity contribution in [2.24, 2.45) is 12.5 Å². The van der Waals surface area contributed by atoms with Gasteiger partial charge in [-0.1, -0.05) is 6.92 Å². The predicted octanol–water partition coefficient (Wildman–Crippen LogP) is 2.01. The Kier molecular flexibility index (Phi) is 6.58. The Morgan fingerprint density at radius 1 is 1.33 bits per heavy atom. The van der Waals surface area contributed by atoms with Crippen molar-refractivity contribution in [3.05, 3.63) is 18.0 Å². The van der Waals surface area contributed by atoms with Crippen molar-refractivity contribution in [2.45, 2.75) is 51.5 Å². The summed E-state index contributed by atoms with van der Waals surface area (Å²) in [6, 6.07) is 0.0803. The van der Waals surface area contributed by atoms with Crippen molar-refractivity contribution < 1.29 is 4.79 Å². The third-order valence-corrected chi connectivity index (χ3v) is 6.54. The molecule has 2 aliphatic heterocycles. The van der Waals surface area contributed by atoms with Crippen molar-refractivity contribution in [2.75, 3.05) is 46.8 Å². The summed E-state index contributed by atoms with van der Waals surface area (Å²) in [5.41, 5.74) is 1.61. The minimum atomic E-state index is 0.0803. The van der Waals surface area contributed by atoms with Crippen molar-refractivity contribution >= 4 is 5.91 Å². The highest BCUT2D eigenvalue weighted by Gasteiger charge is 2.47. The number of likely N-dealkylation sites (N-methyl/N-ethyl adjacent to an activating group) is 1. The third-order valence-electron chi connectivity index (χ3n) is 6.54. The monoisotopic (exact) mass is 375 g/mol. The van der Waals surface area contributed by atoms with Crippen LogP contribution in [0.5, 0.6) is 0 Å². The van der Waals surface area contributed by atoms with E-state index >= 15 is 0 Å². The van der Waals surface area contributed by atoms with Crippen LogP contribution in [0.2, 0.25) is 0 Å². The molecule has 1 spiro atoms. The molecule has 6 nitrogen and oxygen atoms in total. The lowest BCUT2D eigenvalue weighted by Gasteiger charge is -2.37. The molecular weight excluding hydrogens is 338 g/mol. The number of hydrogen-bond acceptors (Lipinski definition) is 4. The molecule has 2 saturated heterocycles. The third kappa shape index (κ3) is 4.91. The first kappa shape index (κ1) is 20.3. The van der Waals surface area contributed by atoms with Gasteiger partial charge in [0.15, 0.2) is 0 Å². The highest BCUT2D eigenvalue weighted by molar-refractivity contribution is 5.82. The Morgan fingerprint density at radius 2 is 2.07 bits per heavy atom. The quantitative estimate of drug-likeness (QED) is 0.731. The summed E-state index contributed by atoms with van der Waals surface area (Å²) in [6.07, 6.45) is 10.6. The topological polar surface area (TPSA) is 44.6 Å². The van der Waals surface area contributed by atoms with Gasteiger partial charge in [0.2, 0.25) is 5.91 Å². The largest absolute Gasteiger partial charge is 0.344 e. The number of hydrogen-bond donors (Lipinski definition) is 0. The first-order chi connectivity index (χ1) is 12.9. The standard InChI is InChI=1S/C21H37N5O/c1-5-10-26-17-21(8-12-23(2)13-9-21)14-19(26)20(27)24(3)11-6-7-18-15-22-25(4)16-18/h15-16,19H,5-14,17H2,1-4H3/t19-/m0/s1. The molecule has 0 radical (unpaired) electrons. The van der Waals surface area contributed by atoms with Gasteiger partial charge < -0.3 is 9.80 Å². The molecule has 152 valence electrons. The second kappa shape index (κ2) is 8.74. The number of amides is 1. The second-order valence-electron chi connectivity index (χ2n) is 8.88. The Labute approximate surface area is 164 Å². The molecule has 0 aromatic carbocycles. The van der Waals surface area contributed by atoms with E-state index in [9.17, 15) is 4.79 Å². The Balaban J connectivity index is 1.55. The molecule has 27 heavy (non-hydrogen) atoms. The summed E-state index contributed by atoms with van der Waals surface area (Å²) in [5.74, 6) is 0.324. The maximum absolute atomic E-state index is 13.2. The molecule has 3 rings (SSSR count). The lowest BCUT2D eigenvalue weighted by molar-refractivity contribution is -0.134. The smallest absolute Gasteiger partial charge is 0.239 e. The number of carbonyl (C=O) groups is 1. The number of aryl methyl sites for hydroxylation is 2. The van der Waals surface area contributed by atoms with E-state index in [-0.39, 0.29) is 6.04 Å². The van der Waals surface area contributed by atoms with Crippen LogP contribution in [0.25, 0.3) is 0 Å². The van der Waals surface area contributed by atoms with Gasteiger partial charge in [0, 0.05) is 33.4 Å². The zero-order chi connectivity index (χ0) is 19.4. The predicted molar refractivity (Wildman–Crippen MR) is 109 cm³/mol. The average Bonchev–Trinajstić information content (AvgIpc) is 3.21. The van der Waals surface area contributed by atoms with Crippen molar-refractivity contribution in [1.29, 1.82) is 0 Å². The van der Waals surface area contributed by atoms with Crippen molar-refractivity contribution in [3.63, 3.8) is 0 Å². The summed E-state index contributed by atoms with van der Waals surface area (Å²) >= 11 is 0. The van der Waals surface area contributed by atoms with Gasteiger partial charge in [-0.25, -0.2) is 0 Å². The van der Waals surface area contributed by atoms with Gasteiger partial charge in [-0.15, -0.1) is 0 Å². The van der Waals surface area contributed by atoms with E-state index in [2.05, 4.69) is 35.1 Å². The molecule has 1 aromatic rings. The van der Waals surface area contributed by atoms with Crippen LogP contribution >= 0.6 is 0 Å². The van der Waals surface area contributed by atoms with E-state index in [1.54, 1.807) is 0 Å². The van der Waals surface area contributed by atoms with Gasteiger partial charge in [-0.3, -0.25) is 14.4 Å². The Hall–Kier alpha value is -1.40. The van der Waals surface area contributed by atoms with Gasteiger partial charge in [0.25, 0.3) is 0 Å². The minimum absolute atomic E-state index is 0.0803. The SMILES string of the molecule is CCCN1CC2(CCN(C)CC2)C[C@H]1C(=O)N(C)CCCc1cnn(C)c1. The zero-order valence-corrected chi connectivity index (χ0v) is 17.7. The van der Waals surface area contributed by atoms with E-state index in [1.165, 1.54) is 31.5 Å². The summed E-state index contributed by atoms with van der Waals surface area (Å²) in [6.45, 7) is 7.52. The molecule has 1 atom stereocenters. The molecule has 0 aliphatic carbocycles. The fourth-order valence-electron chi connectivity index (χ4n) is 4.85. The minimum Gasteiger partial charge on any atom is -0.344 e. The van der Waals surface area contributed by atoms with Crippen LogP contribution in [-0.4, -0.2) is 83.2 Å². The van der Waals surface area contributed by atoms with Crippen LogP contribution in [0, 0.1) is 5.41 Å². The van der Waals surface area contributed by atoms with Gasteiger partial charge >= 0.3 is 0 Å². The van der Waals surface area contributed by atoms with Gasteiger partial charge in [-0.2, -0.15) is 5.10 Å². The number of piperidine rings is 1. The van der Waals surface area contributed by atoms with Crippen LogP contribution in [-0.2, 0) is 18.3 Å². The molecule has 2 fully saturated rings. The maximum Gasteiger partial charge on any atom is 0.239 e. The molecule has 0 bridgehead atoms. The zero-order valence-electron chi connectivity index (χ0n) is 17.7. The highest BCUT2D eigenvalue weighted by atomic mass is 16.2. The van der Waals surface area contributed by atoms with E-state index in [0.29, 0.717) is 11.3 Å². The summed E-state index contributed by atoms with van der Waals surface area (Å²) in [4.78, 5) is 20.1. The summed E-state index contributed by atoms with van der Waals surface area (Å²) in [5, 5.41) is 4.22. The van der Waals surface area contributed by atoms with Gasteiger partial charge in [0.05, 0.1) is 12.2 Å². The van der Waals surface area contributed by atoms with E-state index < -0.39 is 0 Å². The number of rotatable bonds is 7. The van der Waals surface area contributed by atoms with Crippen LogP contribution < -0.4 is 0 Å². The fraction of sp³-hybridized carbons (Fsp3) is 0.810. The molecule has 0 unspecified atom stereocenters. The Bertz CT molecular complexity index is 620. The molecule has 1 amide bonds. The van der Waals surface area contributed by atoms with E-state index in [4.69, 9.17) is 0 Å². The fourth-order valence-corrected chi connectivity index (χ4v) is 4.85. The normalized spacial score (nSPS) is 23.2. The first-order valence-corrected chi connectivity index (χ1v) is 10.6. The van der Waals surface area contributed by atoms with Crippen LogP contribution in [0.3, 0.4) is 0 Å². The summed E-state index contributed by atoms with van der Waals surface area (Å²) < 4.78 is 1.84. The molecule has 2 aliphatic rings. The van der Waals surface area contributed by atoms with Gasteiger partial charge in [0.1, 0.15) is 0 Å². The molecular formula is C21H37N5O. The molecule has 6 heteroatoms. The van der Waals surface area contributed by atoms with Crippen LogP contribution in [0.1, 0.15) is 44.6 Å². The molecule has 1 aromatic heterocycles. The van der Waals surface area contributed by atoms with E-state index in [1.807, 2.05) is 29.9 Å². The van der Waals surface area contributed by atoms with Crippen LogP contribution in [0.15, 0.2) is 12.4 Å². The average molecular weight is 376 g/mol. The van der Waals surface area contributed by atoms with Crippen LogP contribution in [0.4, 0.5) is 0 Å².